The van der Waals surface area contributed by atoms with Crippen molar-refractivity contribution in [1.82, 2.24) is 0 Å². The number of halogens is 1. The summed E-state index contributed by atoms with van der Waals surface area (Å²) in [4.78, 5) is 0. The van der Waals surface area contributed by atoms with Crippen LogP contribution in [0.5, 0.6) is 0 Å². The fourth-order valence-electron chi connectivity index (χ4n) is 1.41. The highest BCUT2D eigenvalue weighted by Gasteiger charge is 2.27. The zero-order valence-corrected chi connectivity index (χ0v) is 11.2. The van der Waals surface area contributed by atoms with E-state index in [0.717, 1.165) is 10.7 Å². The van der Waals surface area contributed by atoms with Gasteiger partial charge >= 0.3 is 0 Å². The minimum atomic E-state index is -3.36. The fourth-order valence-corrected chi connectivity index (χ4v) is 2.64. The van der Waals surface area contributed by atoms with Gasteiger partial charge in [0.25, 0.3) is 0 Å². The highest BCUT2D eigenvalue weighted by molar-refractivity contribution is 9.10. The van der Waals surface area contributed by atoms with E-state index in [9.17, 15) is 8.42 Å². The van der Waals surface area contributed by atoms with Crippen LogP contribution < -0.4 is 5.73 Å². The van der Waals surface area contributed by atoms with Gasteiger partial charge in [0.15, 0.2) is 9.84 Å². The molecule has 0 heterocycles. The van der Waals surface area contributed by atoms with Gasteiger partial charge in [-0.05, 0) is 17.7 Å². The first-order chi connectivity index (χ1) is 7.36. The lowest BCUT2D eigenvalue weighted by atomic mass is 10.1. The lowest BCUT2D eigenvalue weighted by Crippen LogP contribution is -2.36. The summed E-state index contributed by atoms with van der Waals surface area (Å²) in [6.45, 7) is -0.476. The van der Waals surface area contributed by atoms with Crippen LogP contribution >= 0.6 is 15.9 Å². The van der Waals surface area contributed by atoms with E-state index in [2.05, 4.69) is 15.9 Å². The summed E-state index contributed by atoms with van der Waals surface area (Å²) in [5.74, 6) is 0. The van der Waals surface area contributed by atoms with Crippen molar-refractivity contribution in [3.8, 4) is 0 Å². The Morgan fingerprint density at radius 1 is 1.38 bits per heavy atom. The van der Waals surface area contributed by atoms with Gasteiger partial charge in [-0.2, -0.15) is 0 Å². The van der Waals surface area contributed by atoms with Crippen LogP contribution in [-0.4, -0.2) is 31.6 Å². The molecule has 0 bridgehead atoms. The molecule has 0 aliphatic heterocycles. The van der Waals surface area contributed by atoms with Gasteiger partial charge < -0.3 is 10.8 Å². The summed E-state index contributed by atoms with van der Waals surface area (Å²) in [5.41, 5.74) is 6.52. The minimum absolute atomic E-state index is 0.476. The van der Waals surface area contributed by atoms with Crippen LogP contribution in [-0.2, 0) is 9.84 Å². The third-order valence-corrected chi connectivity index (χ3v) is 4.46. The Morgan fingerprint density at radius 3 is 2.25 bits per heavy atom. The predicted molar refractivity (Wildman–Crippen MR) is 66.8 cm³/mol. The van der Waals surface area contributed by atoms with Crippen LogP contribution in [0.3, 0.4) is 0 Å². The second-order valence-electron chi connectivity index (χ2n) is 3.63. The van der Waals surface area contributed by atoms with Crippen LogP contribution in [0, 0.1) is 0 Å². The molecule has 0 amide bonds. The fraction of sp³-hybridized carbons (Fsp3) is 0.400. The lowest BCUT2D eigenvalue weighted by molar-refractivity contribution is 0.278. The first-order valence-electron chi connectivity index (χ1n) is 4.67. The summed E-state index contributed by atoms with van der Waals surface area (Å²) in [5, 5.41) is 8.12. The number of aliphatic hydroxyl groups is 1. The number of rotatable bonds is 4. The second kappa shape index (κ2) is 5.27. The molecule has 0 aliphatic carbocycles. The van der Waals surface area contributed by atoms with E-state index in [-0.39, 0.29) is 0 Å². The van der Waals surface area contributed by atoms with Gasteiger partial charge in [0.2, 0.25) is 0 Å². The largest absolute Gasteiger partial charge is 0.395 e. The molecule has 6 heteroatoms. The van der Waals surface area contributed by atoms with Gasteiger partial charge in [0, 0.05) is 16.8 Å². The van der Waals surface area contributed by atoms with Crippen LogP contribution in [0.4, 0.5) is 0 Å². The molecule has 0 spiro atoms. The molecule has 90 valence electrons. The predicted octanol–water partition coefficient (Wildman–Crippen LogP) is 0.854. The lowest BCUT2D eigenvalue weighted by Gasteiger charge is -2.20. The van der Waals surface area contributed by atoms with Crippen LogP contribution in [0.25, 0.3) is 0 Å². The molecule has 16 heavy (non-hydrogen) atoms. The quantitative estimate of drug-likeness (QED) is 0.864. The average molecular weight is 308 g/mol. The van der Waals surface area contributed by atoms with E-state index >= 15 is 0 Å². The highest BCUT2D eigenvalue weighted by atomic mass is 79.9. The first-order valence-corrected chi connectivity index (χ1v) is 7.42. The third-order valence-electron chi connectivity index (χ3n) is 2.39. The Labute approximate surface area is 104 Å². The SMILES string of the molecule is CS(=O)(=O)C(CO)C(N)c1ccc(Br)cc1. The van der Waals surface area contributed by atoms with Gasteiger partial charge in [0.05, 0.1) is 6.61 Å². The Balaban J connectivity index is 3.00. The van der Waals surface area contributed by atoms with Gasteiger partial charge in [-0.15, -0.1) is 0 Å². The summed E-state index contributed by atoms with van der Waals surface area (Å²) in [6, 6.07) is 6.33. The molecule has 1 aromatic carbocycles. The van der Waals surface area contributed by atoms with Gasteiger partial charge in [-0.1, -0.05) is 28.1 Å². The number of sulfone groups is 1. The van der Waals surface area contributed by atoms with Crippen molar-refractivity contribution in [3.05, 3.63) is 34.3 Å². The smallest absolute Gasteiger partial charge is 0.154 e. The monoisotopic (exact) mass is 307 g/mol. The Kier molecular flexibility index (Phi) is 4.49. The number of benzene rings is 1. The van der Waals surface area contributed by atoms with E-state index in [1.807, 2.05) is 0 Å². The molecule has 2 unspecified atom stereocenters. The third kappa shape index (κ3) is 3.28. The first kappa shape index (κ1) is 13.6. The molecular weight excluding hydrogens is 294 g/mol. The maximum absolute atomic E-state index is 11.4. The van der Waals surface area contributed by atoms with Crippen molar-refractivity contribution in [1.29, 1.82) is 0 Å². The minimum Gasteiger partial charge on any atom is -0.395 e. The summed E-state index contributed by atoms with van der Waals surface area (Å²) < 4.78 is 23.7. The zero-order chi connectivity index (χ0) is 12.3. The molecule has 0 aromatic heterocycles. The Hall–Kier alpha value is -0.430. The molecule has 4 nitrogen and oxygen atoms in total. The maximum atomic E-state index is 11.4. The van der Waals surface area contributed by atoms with E-state index in [1.165, 1.54) is 0 Å². The standard InChI is InChI=1S/C10H14BrNO3S/c1-16(14,15)9(6-13)10(12)7-2-4-8(11)5-3-7/h2-5,9-10,13H,6,12H2,1H3. The molecule has 0 fully saturated rings. The van der Waals surface area contributed by atoms with Crippen molar-refractivity contribution < 1.29 is 13.5 Å². The molecule has 0 aliphatic rings. The second-order valence-corrected chi connectivity index (χ2v) is 6.81. The molecule has 0 radical (unpaired) electrons. The normalized spacial score (nSPS) is 15.8. The molecular formula is C10H14BrNO3S. The molecule has 0 saturated heterocycles. The Bertz CT molecular complexity index is 444. The topological polar surface area (TPSA) is 80.4 Å². The van der Waals surface area contributed by atoms with Crippen LogP contribution in [0.1, 0.15) is 11.6 Å². The van der Waals surface area contributed by atoms with Crippen molar-refractivity contribution in [2.45, 2.75) is 11.3 Å². The van der Waals surface area contributed by atoms with Crippen LogP contribution in [0.2, 0.25) is 0 Å². The Morgan fingerprint density at radius 2 is 1.88 bits per heavy atom. The number of aliphatic hydroxyl groups excluding tert-OH is 1. The van der Waals surface area contributed by atoms with E-state index in [0.29, 0.717) is 5.56 Å². The van der Waals surface area contributed by atoms with Crippen molar-refractivity contribution in [2.75, 3.05) is 12.9 Å². The number of nitrogens with two attached hydrogens (primary N) is 1. The van der Waals surface area contributed by atoms with E-state index in [4.69, 9.17) is 10.8 Å². The van der Waals surface area contributed by atoms with Crippen molar-refractivity contribution in [3.63, 3.8) is 0 Å². The van der Waals surface area contributed by atoms with Gasteiger partial charge in [0.1, 0.15) is 5.25 Å². The maximum Gasteiger partial charge on any atom is 0.154 e. The number of hydrogen-bond acceptors (Lipinski definition) is 4. The average Bonchev–Trinajstić information content (AvgIpc) is 2.17. The molecule has 1 aromatic rings. The molecule has 1 rings (SSSR count). The van der Waals surface area contributed by atoms with E-state index in [1.54, 1.807) is 24.3 Å². The van der Waals surface area contributed by atoms with Crippen LogP contribution in [0.15, 0.2) is 28.7 Å². The summed E-state index contributed by atoms with van der Waals surface area (Å²) in [6.07, 6.45) is 1.08. The molecule has 2 atom stereocenters. The summed E-state index contributed by atoms with van der Waals surface area (Å²) in [7, 11) is -3.36. The molecule has 0 saturated carbocycles. The number of hydrogen-bond donors (Lipinski definition) is 2. The van der Waals surface area contributed by atoms with E-state index < -0.39 is 27.7 Å². The zero-order valence-electron chi connectivity index (χ0n) is 8.80. The highest BCUT2D eigenvalue weighted by Crippen LogP contribution is 2.21. The van der Waals surface area contributed by atoms with Gasteiger partial charge in [-0.3, -0.25) is 0 Å². The van der Waals surface area contributed by atoms with Crippen molar-refractivity contribution >= 4 is 25.8 Å². The molecule has 3 N–H and O–H groups in total. The summed E-state index contributed by atoms with van der Waals surface area (Å²) >= 11 is 3.28. The van der Waals surface area contributed by atoms with Crippen molar-refractivity contribution in [2.24, 2.45) is 5.73 Å². The van der Waals surface area contributed by atoms with Gasteiger partial charge in [-0.25, -0.2) is 8.42 Å².